The summed E-state index contributed by atoms with van der Waals surface area (Å²) in [5.41, 5.74) is 1.48. The number of hydrogen-bond donors (Lipinski definition) is 1. The number of hydrogen-bond acceptors (Lipinski definition) is 8. The molecular weight excluding hydrogens is 632 g/mol. The Morgan fingerprint density at radius 1 is 1.05 bits per heavy atom. The van der Waals surface area contributed by atoms with E-state index >= 15 is 0 Å². The van der Waals surface area contributed by atoms with Crippen LogP contribution >= 0.6 is 46.3 Å². The van der Waals surface area contributed by atoms with E-state index in [9.17, 15) is 19.1 Å². The first kappa shape index (κ1) is 31.0. The summed E-state index contributed by atoms with van der Waals surface area (Å²) in [5.74, 6) is -1.53. The van der Waals surface area contributed by atoms with Crippen LogP contribution in [-0.4, -0.2) is 33.6 Å². The quantitative estimate of drug-likeness (QED) is 0.0432. The van der Waals surface area contributed by atoms with Crippen LogP contribution in [0.2, 0.25) is 10.0 Å². The smallest absolute Gasteiger partial charge is 0.301 e. The molecule has 43 heavy (non-hydrogen) atoms. The first-order chi connectivity index (χ1) is 20.8. The van der Waals surface area contributed by atoms with Crippen LogP contribution in [0.4, 0.5) is 9.52 Å². The zero-order valence-electron chi connectivity index (χ0n) is 22.9. The number of thioether (sulfide) groups is 1. The minimum Gasteiger partial charge on any atom is -0.507 e. The molecule has 1 aromatic heterocycles. The van der Waals surface area contributed by atoms with E-state index < -0.39 is 29.3 Å². The molecule has 0 spiro atoms. The number of carbonyl (C=O) groups excluding carboxylic acids is 2. The third kappa shape index (κ3) is 7.04. The van der Waals surface area contributed by atoms with E-state index in [1.54, 1.807) is 36.4 Å². The van der Waals surface area contributed by atoms with Gasteiger partial charge in [0.15, 0.2) is 4.34 Å². The second kappa shape index (κ2) is 13.9. The number of ether oxygens (including phenoxy) is 1. The standard InChI is InChI=1S/C31H26Cl2FN3O4S2/c1-2-3-4-15-41-23-13-8-18(9-14-23)26-25(27(38)19-6-11-22(34)12-7-19)28(39)29(40)37(26)30-35-36-31(43-30)42-17-20-5-10-21(32)16-24(20)33/h5-14,16,26,38H,2-4,15,17H2,1H3/b27-25-. The summed E-state index contributed by atoms with van der Waals surface area (Å²) < 4.78 is 20.0. The van der Waals surface area contributed by atoms with E-state index in [2.05, 4.69) is 17.1 Å². The van der Waals surface area contributed by atoms with Gasteiger partial charge in [0.25, 0.3) is 5.78 Å². The molecule has 1 unspecified atom stereocenters. The number of ketones is 1. The van der Waals surface area contributed by atoms with Gasteiger partial charge in [-0.2, -0.15) is 0 Å². The Balaban J connectivity index is 1.48. The van der Waals surface area contributed by atoms with Crippen molar-refractivity contribution in [1.82, 2.24) is 10.2 Å². The molecule has 0 saturated carbocycles. The first-order valence-corrected chi connectivity index (χ1v) is 16.0. The summed E-state index contributed by atoms with van der Waals surface area (Å²) in [4.78, 5) is 28.1. The molecule has 1 amide bonds. The van der Waals surface area contributed by atoms with E-state index in [0.717, 1.165) is 36.2 Å². The van der Waals surface area contributed by atoms with E-state index in [4.69, 9.17) is 27.9 Å². The number of aliphatic hydroxyl groups is 1. The molecular formula is C31H26Cl2FN3O4S2. The molecule has 1 atom stereocenters. The van der Waals surface area contributed by atoms with Gasteiger partial charge in [-0.25, -0.2) is 4.39 Å². The SMILES string of the molecule is CCCCCOc1ccc(C2/C(=C(/O)c3ccc(F)cc3)C(=O)C(=O)N2c2nnc(SCc3ccc(Cl)cc3Cl)s2)cc1. The number of unbranched alkanes of at least 4 members (excludes halogenated alkanes) is 2. The van der Waals surface area contributed by atoms with Crippen molar-refractivity contribution in [3.63, 3.8) is 0 Å². The molecule has 2 heterocycles. The van der Waals surface area contributed by atoms with Gasteiger partial charge in [-0.1, -0.05) is 84.3 Å². The number of nitrogens with zero attached hydrogens (tertiary/aromatic N) is 3. The number of halogens is 3. The number of aliphatic hydroxyl groups excluding tert-OH is 1. The maximum Gasteiger partial charge on any atom is 0.301 e. The minimum atomic E-state index is -1.00. The fourth-order valence-electron chi connectivity index (χ4n) is 4.53. The number of benzene rings is 3. The Kier molecular flexibility index (Phi) is 10.0. The molecule has 7 nitrogen and oxygen atoms in total. The van der Waals surface area contributed by atoms with Crippen LogP contribution < -0.4 is 9.64 Å². The normalized spacial score (nSPS) is 16.2. The van der Waals surface area contributed by atoms with Crippen molar-refractivity contribution in [2.75, 3.05) is 11.5 Å². The van der Waals surface area contributed by atoms with Gasteiger partial charge in [-0.15, -0.1) is 10.2 Å². The van der Waals surface area contributed by atoms with Crippen molar-refractivity contribution in [3.8, 4) is 5.75 Å². The Labute approximate surface area is 266 Å². The lowest BCUT2D eigenvalue weighted by atomic mass is 9.95. The lowest BCUT2D eigenvalue weighted by Crippen LogP contribution is -2.29. The predicted molar refractivity (Wildman–Crippen MR) is 169 cm³/mol. The highest BCUT2D eigenvalue weighted by Crippen LogP contribution is 2.44. The molecule has 222 valence electrons. The van der Waals surface area contributed by atoms with Crippen LogP contribution in [0.1, 0.15) is 48.9 Å². The third-order valence-corrected chi connectivity index (χ3v) is 9.43. The van der Waals surface area contributed by atoms with Gasteiger partial charge in [0, 0.05) is 21.4 Å². The van der Waals surface area contributed by atoms with Gasteiger partial charge in [0.05, 0.1) is 18.2 Å². The van der Waals surface area contributed by atoms with E-state index in [1.165, 1.54) is 40.9 Å². The maximum absolute atomic E-state index is 13.6. The van der Waals surface area contributed by atoms with E-state index in [1.807, 2.05) is 6.07 Å². The zero-order chi connectivity index (χ0) is 30.5. The Hall–Kier alpha value is -3.44. The third-order valence-electron chi connectivity index (χ3n) is 6.74. The van der Waals surface area contributed by atoms with Gasteiger partial charge < -0.3 is 9.84 Å². The summed E-state index contributed by atoms with van der Waals surface area (Å²) in [6, 6.07) is 16.3. The summed E-state index contributed by atoms with van der Waals surface area (Å²) >= 11 is 14.8. The number of Topliss-reactive ketones (excluding diaryl/α,β-unsaturated/α-hetero) is 1. The topological polar surface area (TPSA) is 92.6 Å². The number of rotatable bonds is 11. The van der Waals surface area contributed by atoms with Crippen molar-refractivity contribution in [2.45, 2.75) is 42.3 Å². The van der Waals surface area contributed by atoms with Gasteiger partial charge in [-0.05, 0) is 66.1 Å². The highest BCUT2D eigenvalue weighted by molar-refractivity contribution is 8.00. The maximum atomic E-state index is 13.6. The second-order valence-corrected chi connectivity index (χ2v) is 12.7. The predicted octanol–water partition coefficient (Wildman–Crippen LogP) is 8.47. The van der Waals surface area contributed by atoms with E-state index in [0.29, 0.717) is 38.1 Å². The number of anilines is 1. The molecule has 1 saturated heterocycles. The first-order valence-electron chi connectivity index (χ1n) is 13.5. The Morgan fingerprint density at radius 3 is 2.49 bits per heavy atom. The molecule has 0 aliphatic carbocycles. The minimum absolute atomic E-state index is 0.134. The summed E-state index contributed by atoms with van der Waals surface area (Å²) in [6.07, 6.45) is 3.07. The summed E-state index contributed by atoms with van der Waals surface area (Å²) in [7, 11) is 0. The van der Waals surface area contributed by atoms with Crippen LogP contribution in [0.3, 0.4) is 0 Å². The molecule has 1 aliphatic rings. The number of amides is 1. The average molecular weight is 659 g/mol. The van der Waals surface area contributed by atoms with Crippen LogP contribution in [-0.2, 0) is 15.3 Å². The van der Waals surface area contributed by atoms with Gasteiger partial charge in [0.2, 0.25) is 5.13 Å². The molecule has 3 aromatic carbocycles. The van der Waals surface area contributed by atoms with Crippen molar-refractivity contribution in [1.29, 1.82) is 0 Å². The molecule has 0 bridgehead atoms. The lowest BCUT2D eigenvalue weighted by molar-refractivity contribution is -0.132. The van der Waals surface area contributed by atoms with E-state index in [-0.39, 0.29) is 16.3 Å². The molecule has 1 aliphatic heterocycles. The van der Waals surface area contributed by atoms with Gasteiger partial charge >= 0.3 is 5.91 Å². The fourth-order valence-corrected chi connectivity index (χ4v) is 6.96. The van der Waals surface area contributed by atoms with Crippen LogP contribution in [0.5, 0.6) is 5.75 Å². The Morgan fingerprint density at radius 2 is 1.79 bits per heavy atom. The number of aromatic nitrogens is 2. The lowest BCUT2D eigenvalue weighted by Gasteiger charge is -2.22. The van der Waals surface area contributed by atoms with Crippen LogP contribution in [0.25, 0.3) is 5.76 Å². The molecule has 5 rings (SSSR count). The zero-order valence-corrected chi connectivity index (χ0v) is 26.1. The van der Waals surface area contributed by atoms with Crippen LogP contribution in [0, 0.1) is 5.82 Å². The summed E-state index contributed by atoms with van der Waals surface area (Å²) in [5, 5.41) is 21.0. The van der Waals surface area contributed by atoms with Crippen molar-refractivity contribution in [2.24, 2.45) is 0 Å². The number of carbonyl (C=O) groups is 2. The van der Waals surface area contributed by atoms with Crippen LogP contribution in [0.15, 0.2) is 76.6 Å². The molecule has 12 heteroatoms. The van der Waals surface area contributed by atoms with Crippen molar-refractivity contribution < 1.29 is 23.8 Å². The van der Waals surface area contributed by atoms with Gasteiger partial charge in [0.1, 0.15) is 17.3 Å². The second-order valence-electron chi connectivity index (χ2n) is 9.68. The highest BCUT2D eigenvalue weighted by Gasteiger charge is 2.48. The molecule has 1 fully saturated rings. The van der Waals surface area contributed by atoms with Gasteiger partial charge in [-0.3, -0.25) is 14.5 Å². The Bertz CT molecular complexity index is 1660. The molecule has 1 N–H and O–H groups in total. The highest BCUT2D eigenvalue weighted by atomic mass is 35.5. The average Bonchev–Trinajstić information content (AvgIpc) is 3.57. The largest absolute Gasteiger partial charge is 0.507 e. The monoisotopic (exact) mass is 657 g/mol. The molecule has 4 aromatic rings. The summed E-state index contributed by atoms with van der Waals surface area (Å²) in [6.45, 7) is 2.69. The fraction of sp³-hybridized carbons (Fsp3) is 0.226. The molecule has 0 radical (unpaired) electrons. The van der Waals surface area contributed by atoms with Crippen molar-refractivity contribution >= 4 is 68.9 Å². The van der Waals surface area contributed by atoms with Crippen molar-refractivity contribution in [3.05, 3.63) is 105 Å².